The second-order valence-electron chi connectivity index (χ2n) is 27.5. The first kappa shape index (κ1) is 49.8. The van der Waals surface area contributed by atoms with Gasteiger partial charge in [0.25, 0.3) is 0 Å². The number of Topliss-reactive ketones (excluding diaryl/α,β-unsaturated/α-hetero) is 2. The van der Waals surface area contributed by atoms with Crippen molar-refractivity contribution in [1.82, 2.24) is 10.6 Å². The van der Waals surface area contributed by atoms with E-state index in [1.54, 1.807) is 0 Å². The Hall–Kier alpha value is -3.08. The van der Waals surface area contributed by atoms with Crippen molar-refractivity contribution in [2.45, 2.75) is 211 Å². The number of epoxide rings is 1. The lowest BCUT2D eigenvalue weighted by Gasteiger charge is -2.75. The number of hydrogen-bond donors (Lipinski definition) is 6. The van der Waals surface area contributed by atoms with Crippen molar-refractivity contribution in [3.05, 3.63) is 70.3 Å². The van der Waals surface area contributed by atoms with Crippen LogP contribution in [0.25, 0.3) is 0 Å². The molecule has 0 radical (unpaired) electrons. The van der Waals surface area contributed by atoms with Crippen LogP contribution < -0.4 is 16.4 Å². The highest BCUT2D eigenvalue weighted by atomic mass is 16.6. The number of nitrogens with one attached hydrogen (secondary N) is 2. The van der Waals surface area contributed by atoms with Crippen molar-refractivity contribution in [3.8, 4) is 5.75 Å². The number of aliphatic hydroxyl groups is 2. The topological polar surface area (TPSA) is 157 Å². The third-order valence-corrected chi connectivity index (χ3v) is 24.0. The Morgan fingerprint density at radius 3 is 2.46 bits per heavy atom. The number of benzene rings is 2. The fourth-order valence-corrected chi connectivity index (χ4v) is 21.3. The number of carbonyl (C=O) groups excluding carboxylic acids is 2. The lowest BCUT2D eigenvalue weighted by atomic mass is 9.29. The molecule has 2 aliphatic heterocycles. The summed E-state index contributed by atoms with van der Waals surface area (Å²) in [6.45, 7) is 12.8. The minimum atomic E-state index is -0.863. The summed E-state index contributed by atoms with van der Waals surface area (Å²) in [5.41, 5.74) is 10.2. The molecule has 392 valence electrons. The van der Waals surface area contributed by atoms with E-state index < -0.39 is 22.7 Å². The number of rotatable bonds is 8. The van der Waals surface area contributed by atoms with Gasteiger partial charge in [0, 0.05) is 47.5 Å². The number of aromatic hydroxyl groups is 1. The second-order valence-corrected chi connectivity index (χ2v) is 27.5. The molecule has 8 aliphatic carbocycles. The number of anilines is 1. The maximum atomic E-state index is 16.2. The number of ether oxygens (including phenoxy) is 1. The van der Waals surface area contributed by atoms with Gasteiger partial charge in [0.15, 0.2) is 5.78 Å². The molecule has 12 rings (SSSR count). The number of nitrogen functional groups attached to an aromatic ring is 1. The van der Waals surface area contributed by atoms with Gasteiger partial charge < -0.3 is 36.4 Å². The molecule has 5 bridgehead atoms. The van der Waals surface area contributed by atoms with E-state index in [0.717, 1.165) is 112 Å². The highest BCUT2D eigenvalue weighted by molar-refractivity contribution is 6.03. The minimum Gasteiger partial charge on any atom is -0.508 e. The molecule has 9 nitrogen and oxygen atoms in total. The Bertz CT molecular complexity index is 2500. The van der Waals surface area contributed by atoms with E-state index >= 15 is 9.59 Å². The van der Waals surface area contributed by atoms with Crippen LogP contribution >= 0.6 is 0 Å². The van der Waals surface area contributed by atoms with Gasteiger partial charge in [-0.2, -0.15) is 0 Å². The summed E-state index contributed by atoms with van der Waals surface area (Å²) in [5.74, 6) is 2.85. The van der Waals surface area contributed by atoms with Crippen molar-refractivity contribution in [2.24, 2.45) is 69.0 Å². The van der Waals surface area contributed by atoms with Crippen LogP contribution in [-0.4, -0.2) is 69.9 Å². The zero-order valence-corrected chi connectivity index (χ0v) is 44.7. The maximum Gasteiger partial charge on any atom is 0.163 e. The smallest absolute Gasteiger partial charge is 0.163 e. The summed E-state index contributed by atoms with van der Waals surface area (Å²) in [6.07, 6.45) is 18.9. The number of nitrogens with two attached hydrogens (primary N) is 1. The highest BCUT2D eigenvalue weighted by Gasteiger charge is 2.78. The highest BCUT2D eigenvalue weighted by Crippen LogP contribution is 2.81. The molecular formula is C63H89N3O6. The minimum absolute atomic E-state index is 0.00784. The largest absolute Gasteiger partial charge is 0.508 e. The van der Waals surface area contributed by atoms with Gasteiger partial charge in [-0.05, 0) is 215 Å². The number of fused-ring (bicyclic) bond motifs is 2. The Kier molecular flexibility index (Phi) is 12.3. The molecule has 9 heteroatoms. The van der Waals surface area contributed by atoms with Gasteiger partial charge in [-0.3, -0.25) is 9.59 Å². The summed E-state index contributed by atoms with van der Waals surface area (Å²) >= 11 is 0. The number of phenolic OH excluding ortho intramolecular Hbond substituents is 1. The molecule has 7 N–H and O–H groups in total. The van der Waals surface area contributed by atoms with Crippen molar-refractivity contribution in [3.63, 3.8) is 0 Å². The Morgan fingerprint density at radius 2 is 1.65 bits per heavy atom. The summed E-state index contributed by atoms with van der Waals surface area (Å²) in [7, 11) is 1.93. The first-order valence-electron chi connectivity index (χ1n) is 29.3. The fourth-order valence-electron chi connectivity index (χ4n) is 21.3. The zero-order valence-electron chi connectivity index (χ0n) is 44.7. The number of carbonyl (C=O) groups is 2. The Morgan fingerprint density at radius 1 is 0.861 bits per heavy atom. The standard InChI is InChI=1S/C63H89N3O6/c1-58(71)25-9-10-26-59(2)55-50(66-35-58)33-63-40-20-19-37-13-7-8-16-43(37)45(31-51(68)57-62(5,72-57)47-18-12-17-44(47)38-14-11-15-41(64)29-38)53-48(61(63,4)49(22-21-40)54(53)69)23-24-52(63)60(55,3)32-46(56(59)70)39-27-36(34-65-6)28-42(67)30-39/h11,14-15,27-30,37,40,43-47,49-52,55,57,65-68,71H,7-10,12-13,16-26,31-35,64H2,1-6H3/t37-,40+,43-,44+,45+,46+,47-,49+,50+,51-,52-,55+,57-,58-,59-,60+,61-,62-,63-/m1/s1. The number of ketones is 2. The number of phenols is 1. The molecule has 2 saturated heterocycles. The molecule has 2 aromatic rings. The van der Waals surface area contributed by atoms with Gasteiger partial charge in [-0.25, -0.2) is 0 Å². The number of hydrogen-bond acceptors (Lipinski definition) is 9. The predicted molar refractivity (Wildman–Crippen MR) is 283 cm³/mol. The van der Waals surface area contributed by atoms with Crippen molar-refractivity contribution in [2.75, 3.05) is 19.3 Å². The van der Waals surface area contributed by atoms with Gasteiger partial charge in [0.1, 0.15) is 17.6 Å². The van der Waals surface area contributed by atoms with Gasteiger partial charge in [0.2, 0.25) is 0 Å². The van der Waals surface area contributed by atoms with Crippen LogP contribution in [0.2, 0.25) is 0 Å². The monoisotopic (exact) mass is 984 g/mol. The van der Waals surface area contributed by atoms with Crippen LogP contribution in [0.3, 0.4) is 0 Å². The maximum absolute atomic E-state index is 16.2. The number of allylic oxidation sites excluding steroid dienone is 2. The van der Waals surface area contributed by atoms with E-state index in [1.165, 1.54) is 36.8 Å². The van der Waals surface area contributed by atoms with Crippen LogP contribution in [0.5, 0.6) is 5.75 Å². The second kappa shape index (κ2) is 17.7. The number of β-amino-alcohol motifs (C(OH)–C–C–N with tert-alkyl or cyclic N) is 1. The molecular weight excluding hydrogens is 895 g/mol. The molecule has 19 atom stereocenters. The van der Waals surface area contributed by atoms with Gasteiger partial charge in [0.05, 0.1) is 17.3 Å². The Balaban J connectivity index is 0.973. The average molecular weight is 984 g/mol. The first-order valence-corrected chi connectivity index (χ1v) is 29.3. The Labute approximate surface area is 431 Å². The molecule has 10 aliphatic rings. The first-order chi connectivity index (χ1) is 34.4. The van der Waals surface area contributed by atoms with E-state index in [-0.39, 0.29) is 57.8 Å². The van der Waals surface area contributed by atoms with Crippen molar-refractivity contribution >= 4 is 17.3 Å². The van der Waals surface area contributed by atoms with Crippen molar-refractivity contribution < 1.29 is 29.6 Å². The van der Waals surface area contributed by atoms with Crippen LogP contribution in [0.4, 0.5) is 5.69 Å². The molecule has 72 heavy (non-hydrogen) atoms. The normalized spacial score (nSPS) is 47.1. The lowest BCUT2D eigenvalue weighted by molar-refractivity contribution is -0.240. The van der Waals surface area contributed by atoms with E-state index in [9.17, 15) is 15.3 Å². The van der Waals surface area contributed by atoms with Gasteiger partial charge in [-0.15, -0.1) is 0 Å². The van der Waals surface area contributed by atoms with Crippen LogP contribution in [0.15, 0.2) is 53.6 Å². The van der Waals surface area contributed by atoms with E-state index in [1.807, 2.05) is 32.2 Å². The lowest BCUT2D eigenvalue weighted by Crippen LogP contribution is -2.74. The number of aliphatic hydroxyl groups excluding tert-OH is 1. The van der Waals surface area contributed by atoms with E-state index in [4.69, 9.17) is 10.5 Å². The van der Waals surface area contributed by atoms with E-state index in [0.29, 0.717) is 73.0 Å². The predicted octanol–water partition coefficient (Wildman–Crippen LogP) is 11.1. The van der Waals surface area contributed by atoms with Crippen molar-refractivity contribution in [1.29, 1.82) is 0 Å². The molecule has 1 spiro atoms. The molecule has 0 amide bonds. The fraction of sp³-hybridized carbons (Fsp3) is 0.746. The van der Waals surface area contributed by atoms with Crippen LogP contribution in [-0.2, 0) is 20.9 Å². The summed E-state index contributed by atoms with van der Waals surface area (Å²) in [5, 5.41) is 43.5. The summed E-state index contributed by atoms with van der Waals surface area (Å²) in [4.78, 5) is 32.0. The molecule has 2 heterocycles. The van der Waals surface area contributed by atoms with Gasteiger partial charge in [-0.1, -0.05) is 83.1 Å². The zero-order chi connectivity index (χ0) is 50.3. The van der Waals surface area contributed by atoms with Crippen LogP contribution in [0.1, 0.15) is 192 Å². The molecule has 0 aromatic heterocycles. The van der Waals surface area contributed by atoms with Gasteiger partial charge >= 0.3 is 0 Å². The summed E-state index contributed by atoms with van der Waals surface area (Å²) < 4.78 is 6.82. The molecule has 0 unspecified atom stereocenters. The average Bonchev–Trinajstić information content (AvgIpc) is 3.67. The molecule has 2 aromatic carbocycles. The molecule has 6 saturated carbocycles. The SMILES string of the molecule is CNCc1cc(O)cc([C@@H]2C[C@@]3(C)[C@H]4CCC5=C6C(=O)[C@@H]7CC[C@H](CC[C@H]8CCCC[C@H]8[C@@H]6C[C@@H](O)[C@H]6O[C@]6(C)[C@@H]6CCC[C@H]6c6cccc(N)c6)[C@@]4(C[C@@H]4NC[C@](C)(O)CCCC[C@@](C)(C2=O)[C@H]43)[C@]57C)c1. The van der Waals surface area contributed by atoms with E-state index in [2.05, 4.69) is 62.6 Å². The third-order valence-electron chi connectivity index (χ3n) is 24.0. The quantitative estimate of drug-likeness (QED) is 0.112. The van der Waals surface area contributed by atoms with Crippen LogP contribution in [0, 0.1) is 69.0 Å². The molecule has 8 fully saturated rings. The summed E-state index contributed by atoms with van der Waals surface area (Å²) in [6, 6.07) is 14.3. The third kappa shape index (κ3) is 7.35.